The molecule has 0 saturated carbocycles. The largest absolute Gasteiger partial charge is 0.334 e. The summed E-state index contributed by atoms with van der Waals surface area (Å²) in [5, 5.41) is 12.8. The van der Waals surface area contributed by atoms with E-state index in [0.717, 1.165) is 23.5 Å². The molecule has 0 radical (unpaired) electrons. The zero-order valence-electron chi connectivity index (χ0n) is 14.7. The van der Waals surface area contributed by atoms with Crippen molar-refractivity contribution in [1.29, 1.82) is 0 Å². The summed E-state index contributed by atoms with van der Waals surface area (Å²) in [7, 11) is 1.90. The molecule has 0 aliphatic carbocycles. The second-order valence-corrected chi connectivity index (χ2v) is 6.33. The maximum Gasteiger partial charge on any atom is 0.254 e. The van der Waals surface area contributed by atoms with Crippen molar-refractivity contribution in [2.75, 3.05) is 6.54 Å². The third kappa shape index (κ3) is 2.67. The number of carbonyl (C=O) groups excluding carboxylic acids is 1. The summed E-state index contributed by atoms with van der Waals surface area (Å²) in [5.41, 5.74) is 3.18. The van der Waals surface area contributed by atoms with Gasteiger partial charge in [0.15, 0.2) is 5.82 Å². The van der Waals surface area contributed by atoms with Crippen LogP contribution in [0.5, 0.6) is 0 Å². The van der Waals surface area contributed by atoms with Gasteiger partial charge in [0.25, 0.3) is 5.91 Å². The number of rotatable bonds is 3. The topological polar surface area (TPSA) is 68.8 Å². The van der Waals surface area contributed by atoms with E-state index < -0.39 is 5.82 Å². The minimum atomic E-state index is -0.410. The molecule has 4 rings (SSSR count). The van der Waals surface area contributed by atoms with Gasteiger partial charge in [0.2, 0.25) is 0 Å². The Hall–Kier alpha value is -3.03. The number of aromatic nitrogens is 5. The maximum atomic E-state index is 13.5. The van der Waals surface area contributed by atoms with Gasteiger partial charge in [-0.15, -0.1) is 10.2 Å². The minimum absolute atomic E-state index is 0.179. The number of benzene rings is 1. The van der Waals surface area contributed by atoms with Crippen LogP contribution in [0.1, 0.15) is 28.5 Å². The molecule has 3 heterocycles. The lowest BCUT2D eigenvalue weighted by atomic mass is 10.0. The lowest BCUT2D eigenvalue weighted by Gasteiger charge is -2.27. The number of fused-ring (bicyclic) bond motifs is 1. The molecule has 0 fully saturated rings. The van der Waals surface area contributed by atoms with Crippen LogP contribution in [0.25, 0.3) is 11.5 Å². The van der Waals surface area contributed by atoms with Crippen LogP contribution < -0.4 is 0 Å². The van der Waals surface area contributed by atoms with Gasteiger partial charge >= 0.3 is 0 Å². The van der Waals surface area contributed by atoms with Crippen molar-refractivity contribution >= 4 is 5.91 Å². The minimum Gasteiger partial charge on any atom is -0.334 e. The number of nitrogens with zero attached hydrogens (tertiary/aromatic N) is 6. The second kappa shape index (κ2) is 6.36. The summed E-state index contributed by atoms with van der Waals surface area (Å²) in [4.78, 5) is 14.5. The third-order valence-electron chi connectivity index (χ3n) is 4.77. The summed E-state index contributed by atoms with van der Waals surface area (Å²) in [6.07, 6.45) is 2.37. The highest BCUT2D eigenvalue weighted by atomic mass is 19.1. The summed E-state index contributed by atoms with van der Waals surface area (Å²) in [6, 6.07) is 5.80. The molecule has 1 aliphatic heterocycles. The molecular weight excluding hydrogens is 335 g/mol. The molecule has 0 saturated heterocycles. The van der Waals surface area contributed by atoms with Gasteiger partial charge in [0.05, 0.1) is 6.54 Å². The van der Waals surface area contributed by atoms with Crippen LogP contribution in [0.4, 0.5) is 4.39 Å². The Morgan fingerprint density at radius 3 is 2.96 bits per heavy atom. The maximum absolute atomic E-state index is 13.5. The molecule has 0 unspecified atom stereocenters. The van der Waals surface area contributed by atoms with Gasteiger partial charge in [-0.1, -0.05) is 6.07 Å². The van der Waals surface area contributed by atoms with Gasteiger partial charge in [0.1, 0.15) is 17.8 Å². The van der Waals surface area contributed by atoms with Crippen molar-refractivity contribution in [3.63, 3.8) is 0 Å². The first-order chi connectivity index (χ1) is 12.6. The van der Waals surface area contributed by atoms with Crippen LogP contribution >= 0.6 is 0 Å². The van der Waals surface area contributed by atoms with Gasteiger partial charge in [-0.05, 0) is 25.1 Å². The molecule has 26 heavy (non-hydrogen) atoms. The Morgan fingerprint density at radius 2 is 2.19 bits per heavy atom. The average Bonchev–Trinajstić information content (AvgIpc) is 3.25. The van der Waals surface area contributed by atoms with E-state index in [4.69, 9.17) is 0 Å². The SMILES string of the molecule is CCn1cnnc1-c1nn(C)c2c1CN(C(=O)c1cccc(F)c1)CC2. The van der Waals surface area contributed by atoms with E-state index in [9.17, 15) is 9.18 Å². The summed E-state index contributed by atoms with van der Waals surface area (Å²) >= 11 is 0. The van der Waals surface area contributed by atoms with Gasteiger partial charge in [-0.3, -0.25) is 9.48 Å². The molecule has 2 aromatic heterocycles. The van der Waals surface area contributed by atoms with E-state index in [1.807, 2.05) is 23.2 Å². The molecule has 1 aliphatic rings. The lowest BCUT2D eigenvalue weighted by Crippen LogP contribution is -2.36. The molecule has 8 heteroatoms. The highest BCUT2D eigenvalue weighted by Gasteiger charge is 2.29. The Labute approximate surface area is 150 Å². The predicted octanol–water partition coefficient (Wildman–Crippen LogP) is 2.04. The van der Waals surface area contributed by atoms with Gasteiger partial charge in [-0.2, -0.15) is 5.10 Å². The summed E-state index contributed by atoms with van der Waals surface area (Å²) in [6.45, 7) is 3.74. The first-order valence-electron chi connectivity index (χ1n) is 8.56. The highest BCUT2D eigenvalue weighted by Crippen LogP contribution is 2.29. The Kier molecular flexibility index (Phi) is 4.02. The van der Waals surface area contributed by atoms with Crippen LogP contribution in [0.15, 0.2) is 30.6 Å². The molecule has 0 atom stereocenters. The molecular formula is C18H19FN6O. The average molecular weight is 354 g/mol. The van der Waals surface area contributed by atoms with Crippen molar-refractivity contribution in [2.45, 2.75) is 26.4 Å². The quantitative estimate of drug-likeness (QED) is 0.722. The summed E-state index contributed by atoms with van der Waals surface area (Å²) in [5.74, 6) is 0.109. The second-order valence-electron chi connectivity index (χ2n) is 6.33. The molecule has 0 N–H and O–H groups in total. The van der Waals surface area contributed by atoms with E-state index in [2.05, 4.69) is 15.3 Å². The third-order valence-corrected chi connectivity index (χ3v) is 4.77. The Balaban J connectivity index is 1.69. The van der Waals surface area contributed by atoms with Crippen molar-refractivity contribution in [3.8, 4) is 11.5 Å². The van der Waals surface area contributed by atoms with E-state index in [1.165, 1.54) is 12.1 Å². The van der Waals surface area contributed by atoms with Crippen LogP contribution in [0.2, 0.25) is 0 Å². The van der Waals surface area contributed by atoms with E-state index in [1.54, 1.807) is 23.4 Å². The first kappa shape index (κ1) is 16.4. The van der Waals surface area contributed by atoms with Gasteiger partial charge in [0, 0.05) is 43.4 Å². The number of hydrogen-bond donors (Lipinski definition) is 0. The van der Waals surface area contributed by atoms with Crippen molar-refractivity contribution in [3.05, 3.63) is 53.2 Å². The standard InChI is InChI=1S/C18H19FN6O/c1-3-24-11-20-21-17(24)16-14-10-25(8-7-15(14)23(2)22-16)18(26)12-5-4-6-13(19)9-12/h4-6,9,11H,3,7-8,10H2,1-2H3. The smallest absolute Gasteiger partial charge is 0.254 e. The van der Waals surface area contributed by atoms with Crippen LogP contribution in [0, 0.1) is 5.82 Å². The van der Waals surface area contributed by atoms with Crippen molar-refractivity contribution in [2.24, 2.45) is 7.05 Å². The van der Waals surface area contributed by atoms with E-state index in [-0.39, 0.29) is 5.91 Å². The first-order valence-corrected chi connectivity index (χ1v) is 8.56. The molecule has 1 aromatic carbocycles. The predicted molar refractivity (Wildman–Crippen MR) is 92.7 cm³/mol. The zero-order valence-corrected chi connectivity index (χ0v) is 14.7. The van der Waals surface area contributed by atoms with Crippen LogP contribution in [-0.4, -0.2) is 41.9 Å². The zero-order chi connectivity index (χ0) is 18.3. The monoisotopic (exact) mass is 354 g/mol. The number of hydrogen-bond acceptors (Lipinski definition) is 4. The molecule has 0 spiro atoms. The lowest BCUT2D eigenvalue weighted by molar-refractivity contribution is 0.0733. The number of amides is 1. The highest BCUT2D eigenvalue weighted by molar-refractivity contribution is 5.94. The fourth-order valence-electron chi connectivity index (χ4n) is 3.42. The fourth-order valence-corrected chi connectivity index (χ4v) is 3.42. The van der Waals surface area contributed by atoms with E-state index in [0.29, 0.717) is 30.9 Å². The van der Waals surface area contributed by atoms with Crippen LogP contribution in [0.3, 0.4) is 0 Å². The van der Waals surface area contributed by atoms with Crippen LogP contribution in [-0.2, 0) is 26.6 Å². The molecule has 3 aromatic rings. The van der Waals surface area contributed by atoms with Gasteiger partial charge < -0.3 is 9.47 Å². The molecule has 134 valence electrons. The number of carbonyl (C=O) groups is 1. The normalized spacial score (nSPS) is 13.7. The summed E-state index contributed by atoms with van der Waals surface area (Å²) < 4.78 is 17.2. The van der Waals surface area contributed by atoms with Gasteiger partial charge in [-0.25, -0.2) is 4.39 Å². The number of halogens is 1. The van der Waals surface area contributed by atoms with Crippen molar-refractivity contribution < 1.29 is 9.18 Å². The Morgan fingerprint density at radius 1 is 1.35 bits per heavy atom. The fraction of sp³-hybridized carbons (Fsp3) is 0.333. The molecule has 1 amide bonds. The molecule has 7 nitrogen and oxygen atoms in total. The van der Waals surface area contributed by atoms with Crippen molar-refractivity contribution in [1.82, 2.24) is 29.4 Å². The number of aryl methyl sites for hydroxylation is 2. The Bertz CT molecular complexity index is 976. The van der Waals surface area contributed by atoms with E-state index >= 15 is 0 Å². The molecule has 0 bridgehead atoms.